The smallest absolute Gasteiger partial charge is 0.356 e. The number of fused-ring (bicyclic) bond motifs is 5. The molecule has 0 N–H and O–H groups in total. The topological polar surface area (TPSA) is 124 Å². The van der Waals surface area contributed by atoms with E-state index in [4.69, 9.17) is 9.72 Å². The first-order valence-corrected chi connectivity index (χ1v) is 14.0. The molecule has 6 rings (SSSR count). The van der Waals surface area contributed by atoms with Crippen LogP contribution in [0.3, 0.4) is 0 Å². The lowest BCUT2D eigenvalue weighted by atomic mass is 10.1. The average Bonchev–Trinajstić information content (AvgIpc) is 3.43. The van der Waals surface area contributed by atoms with Crippen molar-refractivity contribution < 1.29 is 13.9 Å². The maximum Gasteiger partial charge on any atom is 0.356 e. The minimum absolute atomic E-state index is 0.0684. The number of halogens is 1. The first-order chi connectivity index (χ1) is 20.2. The van der Waals surface area contributed by atoms with Gasteiger partial charge in [0.25, 0.3) is 0 Å². The van der Waals surface area contributed by atoms with Crippen LogP contribution < -0.4 is 15.3 Å². The minimum Gasteiger partial charge on any atom is -0.491 e. The molecule has 2 unspecified atom stereocenters. The third-order valence-electron chi connectivity index (χ3n) is 7.84. The molecule has 4 aromatic heterocycles. The van der Waals surface area contributed by atoms with Gasteiger partial charge in [-0.1, -0.05) is 25.6 Å². The van der Waals surface area contributed by atoms with Crippen molar-refractivity contribution in [2.75, 3.05) is 24.6 Å². The Bertz CT molecular complexity index is 1770. The summed E-state index contributed by atoms with van der Waals surface area (Å²) in [6, 6.07) is 2.63. The van der Waals surface area contributed by atoms with Crippen LogP contribution in [0.25, 0.3) is 22.5 Å². The number of anilines is 1. The maximum absolute atomic E-state index is 16.0. The molecular weight excluding hydrogens is 541 g/mol. The van der Waals surface area contributed by atoms with E-state index in [0.717, 1.165) is 0 Å². The number of pyridine rings is 2. The summed E-state index contributed by atoms with van der Waals surface area (Å²) >= 11 is 0. The van der Waals surface area contributed by atoms with Gasteiger partial charge >= 0.3 is 5.69 Å². The van der Waals surface area contributed by atoms with Gasteiger partial charge in [0.1, 0.15) is 17.3 Å². The second-order valence-corrected chi connectivity index (χ2v) is 11.1. The lowest BCUT2D eigenvalue weighted by Crippen LogP contribution is -2.58. The molecule has 2 aliphatic heterocycles. The molecule has 6 heterocycles. The van der Waals surface area contributed by atoms with Crippen LogP contribution >= 0.6 is 0 Å². The number of aromatic nitrogens is 7. The van der Waals surface area contributed by atoms with Crippen molar-refractivity contribution in [3.05, 3.63) is 64.9 Å². The van der Waals surface area contributed by atoms with Gasteiger partial charge in [0.15, 0.2) is 17.3 Å². The van der Waals surface area contributed by atoms with Gasteiger partial charge in [0.2, 0.25) is 5.91 Å². The van der Waals surface area contributed by atoms with Crippen molar-refractivity contribution in [2.24, 2.45) is 0 Å². The van der Waals surface area contributed by atoms with E-state index in [1.807, 2.05) is 32.6 Å². The third-order valence-corrected chi connectivity index (χ3v) is 7.84. The third kappa shape index (κ3) is 4.48. The van der Waals surface area contributed by atoms with E-state index in [0.29, 0.717) is 60.7 Å². The van der Waals surface area contributed by atoms with E-state index < -0.39 is 11.5 Å². The van der Waals surface area contributed by atoms with Crippen LogP contribution in [0.1, 0.15) is 51.4 Å². The highest BCUT2D eigenvalue weighted by Crippen LogP contribution is 2.35. The van der Waals surface area contributed by atoms with Gasteiger partial charge in [-0.25, -0.2) is 18.7 Å². The van der Waals surface area contributed by atoms with Gasteiger partial charge in [-0.05, 0) is 44.7 Å². The summed E-state index contributed by atoms with van der Waals surface area (Å²) in [7, 11) is 0. The summed E-state index contributed by atoms with van der Waals surface area (Å²) in [5.41, 5.74) is 1.29. The van der Waals surface area contributed by atoms with E-state index in [-0.39, 0.29) is 41.2 Å². The lowest BCUT2D eigenvalue weighted by Gasteiger charge is -2.44. The normalized spacial score (nSPS) is 18.7. The van der Waals surface area contributed by atoms with Crippen LogP contribution in [0.15, 0.2) is 42.0 Å². The second kappa shape index (κ2) is 10.6. The van der Waals surface area contributed by atoms with Gasteiger partial charge in [-0.3, -0.25) is 9.78 Å². The van der Waals surface area contributed by atoms with Crippen LogP contribution in [0.4, 0.5) is 10.2 Å². The number of amides is 1. The molecule has 0 radical (unpaired) electrons. The number of hydrogen-bond acceptors (Lipinski definition) is 9. The highest BCUT2D eigenvalue weighted by atomic mass is 19.1. The van der Waals surface area contributed by atoms with Gasteiger partial charge in [0, 0.05) is 37.4 Å². The minimum atomic E-state index is -0.632. The van der Waals surface area contributed by atoms with E-state index >= 15 is 4.39 Å². The SMILES string of the molecule is C=CC(=O)N1CC(C)N(c2nc(=O)n3c4nc(c(F)cc24)-n2nncc2CCCOc2ccnc(C(C)C)c2-3)CC1C. The summed E-state index contributed by atoms with van der Waals surface area (Å²) in [6.07, 6.45) is 5.65. The number of nitrogens with zero attached hydrogens (tertiary/aromatic N) is 9. The molecule has 218 valence electrons. The molecule has 4 aromatic rings. The predicted molar refractivity (Wildman–Crippen MR) is 154 cm³/mol. The average molecular weight is 574 g/mol. The zero-order chi connectivity index (χ0) is 29.7. The number of hydrogen-bond donors (Lipinski definition) is 0. The van der Waals surface area contributed by atoms with Crippen molar-refractivity contribution in [2.45, 2.75) is 58.5 Å². The van der Waals surface area contributed by atoms with Crippen molar-refractivity contribution >= 4 is 22.8 Å². The van der Waals surface area contributed by atoms with Crippen molar-refractivity contribution in [1.82, 2.24) is 39.4 Å². The lowest BCUT2D eigenvalue weighted by molar-refractivity contribution is -0.128. The molecule has 13 heteroatoms. The zero-order valence-electron chi connectivity index (χ0n) is 24.0. The molecule has 2 atom stereocenters. The Balaban J connectivity index is 1.66. The predicted octanol–water partition coefficient (Wildman–Crippen LogP) is 2.96. The standard InChI is InChI=1S/C29H32FN9O3/c1-6-23(40)36-14-18(5)37(15-17(36)4)26-20-12-21(30)28-33-27(20)38(29(41)34-26)25-22(9-10-31-24(25)16(2)3)42-11-7-8-19-13-32-35-39(19)28/h6,9-10,12-13,16-18H,1,7-8,11,14-15H2,2-5H3. The highest BCUT2D eigenvalue weighted by molar-refractivity contribution is 5.90. The van der Waals surface area contributed by atoms with Crippen LogP contribution in [-0.2, 0) is 11.2 Å². The monoisotopic (exact) mass is 573 g/mol. The van der Waals surface area contributed by atoms with Crippen LogP contribution in [-0.4, -0.2) is 77.1 Å². The summed E-state index contributed by atoms with van der Waals surface area (Å²) in [5, 5.41) is 8.44. The van der Waals surface area contributed by atoms with Gasteiger partial charge in [0.05, 0.1) is 29.6 Å². The van der Waals surface area contributed by atoms with Gasteiger partial charge in [-0.2, -0.15) is 9.67 Å². The molecule has 1 saturated heterocycles. The summed E-state index contributed by atoms with van der Waals surface area (Å²) in [4.78, 5) is 44.1. The molecule has 0 spiro atoms. The Morgan fingerprint density at radius 2 is 2.00 bits per heavy atom. The fourth-order valence-electron chi connectivity index (χ4n) is 5.77. The molecule has 1 fully saturated rings. The molecule has 0 saturated carbocycles. The largest absolute Gasteiger partial charge is 0.491 e. The molecule has 0 aromatic carbocycles. The number of rotatable bonds is 3. The molecular formula is C29H32FN9O3. The molecule has 2 aliphatic rings. The van der Waals surface area contributed by atoms with E-state index in [9.17, 15) is 9.59 Å². The van der Waals surface area contributed by atoms with Gasteiger partial charge in [-0.15, -0.1) is 5.10 Å². The molecule has 12 nitrogen and oxygen atoms in total. The number of aryl methyl sites for hydroxylation is 1. The van der Waals surface area contributed by atoms with Crippen LogP contribution in [0, 0.1) is 5.82 Å². The maximum atomic E-state index is 16.0. The Morgan fingerprint density at radius 1 is 1.19 bits per heavy atom. The Labute approximate surface area is 241 Å². The fourth-order valence-corrected chi connectivity index (χ4v) is 5.77. The number of carbonyl (C=O) groups is 1. The highest BCUT2D eigenvalue weighted by Gasteiger charge is 2.34. The van der Waals surface area contributed by atoms with Crippen LogP contribution in [0.2, 0.25) is 0 Å². The Hall–Kier alpha value is -4.68. The Kier molecular flexibility index (Phi) is 6.95. The molecule has 2 bridgehead atoms. The molecule has 42 heavy (non-hydrogen) atoms. The van der Waals surface area contributed by atoms with Crippen LogP contribution in [0.5, 0.6) is 5.75 Å². The second-order valence-electron chi connectivity index (χ2n) is 11.1. The van der Waals surface area contributed by atoms with Crippen molar-refractivity contribution in [1.29, 1.82) is 0 Å². The van der Waals surface area contributed by atoms with E-state index in [2.05, 4.69) is 26.9 Å². The number of carbonyl (C=O) groups excluding carboxylic acids is 1. The Morgan fingerprint density at radius 3 is 2.76 bits per heavy atom. The summed E-state index contributed by atoms with van der Waals surface area (Å²) < 4.78 is 24.9. The summed E-state index contributed by atoms with van der Waals surface area (Å²) in [6.45, 7) is 12.5. The van der Waals surface area contributed by atoms with E-state index in [1.54, 1.807) is 23.4 Å². The van der Waals surface area contributed by atoms with E-state index in [1.165, 1.54) is 21.4 Å². The fraction of sp³-hybridized carbons (Fsp3) is 0.414. The van der Waals surface area contributed by atoms with Crippen molar-refractivity contribution in [3.8, 4) is 17.3 Å². The number of ether oxygens (including phenoxy) is 1. The quantitative estimate of drug-likeness (QED) is 0.340. The number of piperazine rings is 1. The molecule has 0 aliphatic carbocycles. The molecule has 1 amide bonds. The first-order valence-electron chi connectivity index (χ1n) is 14.0. The van der Waals surface area contributed by atoms with Gasteiger partial charge < -0.3 is 14.5 Å². The first kappa shape index (κ1) is 27.5. The zero-order valence-corrected chi connectivity index (χ0v) is 24.0. The van der Waals surface area contributed by atoms with Crippen molar-refractivity contribution in [3.63, 3.8) is 0 Å². The summed E-state index contributed by atoms with van der Waals surface area (Å²) in [5.74, 6) is -0.192.